The Labute approximate surface area is 114 Å². The highest BCUT2D eigenvalue weighted by molar-refractivity contribution is 5.61. The van der Waals surface area contributed by atoms with Crippen LogP contribution in [-0.2, 0) is 0 Å². The van der Waals surface area contributed by atoms with Gasteiger partial charge >= 0.3 is 0 Å². The van der Waals surface area contributed by atoms with E-state index in [2.05, 4.69) is 36.2 Å². The van der Waals surface area contributed by atoms with Crippen molar-refractivity contribution in [2.75, 3.05) is 0 Å². The van der Waals surface area contributed by atoms with E-state index in [1.807, 2.05) is 6.07 Å². The lowest BCUT2D eigenvalue weighted by atomic mass is 9.86. The first kappa shape index (κ1) is 12.4. The van der Waals surface area contributed by atoms with Crippen LogP contribution in [0.5, 0.6) is 0 Å². The molecular formula is C16H21N3. The summed E-state index contributed by atoms with van der Waals surface area (Å²) >= 11 is 0. The summed E-state index contributed by atoms with van der Waals surface area (Å²) < 4.78 is 0. The molecule has 3 heteroatoms. The van der Waals surface area contributed by atoms with Crippen molar-refractivity contribution in [3.63, 3.8) is 0 Å². The number of nitrogens with zero attached hydrogens (tertiary/aromatic N) is 1. The number of aromatic nitrogens is 2. The maximum Gasteiger partial charge on any atom is 0.110 e. The molecule has 1 heterocycles. The third kappa shape index (κ3) is 2.56. The van der Waals surface area contributed by atoms with Crippen molar-refractivity contribution in [1.82, 2.24) is 9.97 Å². The molecule has 3 nitrogen and oxygen atoms in total. The highest BCUT2D eigenvalue weighted by atomic mass is 14.9. The molecule has 1 saturated carbocycles. The van der Waals surface area contributed by atoms with Crippen LogP contribution in [0.25, 0.3) is 11.3 Å². The second-order valence-corrected chi connectivity index (χ2v) is 5.57. The zero-order chi connectivity index (χ0) is 13.2. The predicted octanol–water partition coefficient (Wildman–Crippen LogP) is 3.37. The number of benzene rings is 1. The SMILES string of the molecule is Cc1[nH]c(C2CCC(N)CC2)nc1-c1ccccc1. The Morgan fingerprint density at radius 2 is 1.79 bits per heavy atom. The molecule has 1 aromatic carbocycles. The Morgan fingerprint density at radius 1 is 1.11 bits per heavy atom. The van der Waals surface area contributed by atoms with Crippen LogP contribution < -0.4 is 5.73 Å². The summed E-state index contributed by atoms with van der Waals surface area (Å²) in [6.45, 7) is 2.10. The van der Waals surface area contributed by atoms with E-state index in [0.29, 0.717) is 12.0 Å². The van der Waals surface area contributed by atoms with E-state index in [9.17, 15) is 0 Å². The molecule has 0 unspecified atom stereocenters. The van der Waals surface area contributed by atoms with E-state index >= 15 is 0 Å². The standard InChI is InChI=1S/C16H21N3/c1-11-15(12-5-3-2-4-6-12)19-16(18-11)13-7-9-14(17)10-8-13/h2-6,13-14H,7-10,17H2,1H3,(H,18,19). The van der Waals surface area contributed by atoms with Gasteiger partial charge in [-0.2, -0.15) is 0 Å². The molecule has 2 aromatic rings. The molecule has 0 aliphatic heterocycles. The maximum absolute atomic E-state index is 5.97. The fraction of sp³-hybridized carbons (Fsp3) is 0.438. The largest absolute Gasteiger partial charge is 0.345 e. The van der Waals surface area contributed by atoms with Gasteiger partial charge in [-0.1, -0.05) is 30.3 Å². The molecule has 0 radical (unpaired) electrons. The Hall–Kier alpha value is -1.61. The Morgan fingerprint density at radius 3 is 2.47 bits per heavy atom. The lowest BCUT2D eigenvalue weighted by Gasteiger charge is -2.24. The van der Waals surface area contributed by atoms with Gasteiger partial charge in [0.25, 0.3) is 0 Å². The molecule has 1 aliphatic carbocycles. The first-order valence-corrected chi connectivity index (χ1v) is 7.11. The van der Waals surface area contributed by atoms with Crippen molar-refractivity contribution in [3.8, 4) is 11.3 Å². The molecule has 19 heavy (non-hydrogen) atoms. The quantitative estimate of drug-likeness (QED) is 0.864. The molecule has 3 N–H and O–H groups in total. The van der Waals surface area contributed by atoms with Crippen molar-refractivity contribution < 1.29 is 0 Å². The Kier molecular flexibility index (Phi) is 3.38. The topological polar surface area (TPSA) is 54.7 Å². The third-order valence-electron chi connectivity index (χ3n) is 4.11. The van der Waals surface area contributed by atoms with E-state index in [-0.39, 0.29) is 0 Å². The number of rotatable bonds is 2. The van der Waals surface area contributed by atoms with Gasteiger partial charge in [0.1, 0.15) is 5.82 Å². The van der Waals surface area contributed by atoms with Crippen molar-refractivity contribution in [2.45, 2.75) is 44.6 Å². The van der Waals surface area contributed by atoms with Crippen molar-refractivity contribution in [1.29, 1.82) is 0 Å². The van der Waals surface area contributed by atoms with E-state index < -0.39 is 0 Å². The van der Waals surface area contributed by atoms with Crippen LogP contribution >= 0.6 is 0 Å². The highest BCUT2D eigenvalue weighted by Crippen LogP contribution is 2.32. The minimum Gasteiger partial charge on any atom is -0.345 e. The Balaban J connectivity index is 1.85. The molecule has 3 rings (SSSR count). The fourth-order valence-electron chi connectivity index (χ4n) is 2.95. The summed E-state index contributed by atoms with van der Waals surface area (Å²) in [6.07, 6.45) is 4.54. The van der Waals surface area contributed by atoms with E-state index in [1.54, 1.807) is 0 Å². The van der Waals surface area contributed by atoms with Crippen LogP contribution in [0.15, 0.2) is 30.3 Å². The van der Waals surface area contributed by atoms with Gasteiger partial charge in [0, 0.05) is 23.2 Å². The predicted molar refractivity (Wildman–Crippen MR) is 77.9 cm³/mol. The fourth-order valence-corrected chi connectivity index (χ4v) is 2.95. The lowest BCUT2D eigenvalue weighted by Crippen LogP contribution is -2.26. The van der Waals surface area contributed by atoms with Crippen LogP contribution in [0.2, 0.25) is 0 Å². The summed E-state index contributed by atoms with van der Waals surface area (Å²) in [4.78, 5) is 8.31. The first-order valence-electron chi connectivity index (χ1n) is 7.11. The van der Waals surface area contributed by atoms with Gasteiger partial charge < -0.3 is 10.7 Å². The number of hydrogen-bond acceptors (Lipinski definition) is 2. The van der Waals surface area contributed by atoms with Crippen LogP contribution in [0.3, 0.4) is 0 Å². The number of imidazole rings is 1. The number of hydrogen-bond donors (Lipinski definition) is 2. The van der Waals surface area contributed by atoms with Gasteiger partial charge in [0.2, 0.25) is 0 Å². The van der Waals surface area contributed by atoms with Crippen molar-refractivity contribution in [2.24, 2.45) is 5.73 Å². The molecular weight excluding hydrogens is 234 g/mol. The second-order valence-electron chi connectivity index (χ2n) is 5.57. The average molecular weight is 255 g/mol. The van der Waals surface area contributed by atoms with Gasteiger partial charge in [0.05, 0.1) is 5.69 Å². The van der Waals surface area contributed by atoms with Crippen molar-refractivity contribution in [3.05, 3.63) is 41.9 Å². The van der Waals surface area contributed by atoms with Gasteiger partial charge in [-0.15, -0.1) is 0 Å². The summed E-state index contributed by atoms with van der Waals surface area (Å²) in [7, 11) is 0. The number of nitrogens with two attached hydrogens (primary N) is 1. The highest BCUT2D eigenvalue weighted by Gasteiger charge is 2.23. The number of aromatic amines is 1. The van der Waals surface area contributed by atoms with Gasteiger partial charge in [0.15, 0.2) is 0 Å². The van der Waals surface area contributed by atoms with Crippen LogP contribution in [0, 0.1) is 6.92 Å². The average Bonchev–Trinajstić information content (AvgIpc) is 2.83. The zero-order valence-corrected chi connectivity index (χ0v) is 11.4. The summed E-state index contributed by atoms with van der Waals surface area (Å²) in [5, 5.41) is 0. The number of H-pyrrole nitrogens is 1. The van der Waals surface area contributed by atoms with E-state index in [0.717, 1.165) is 42.9 Å². The van der Waals surface area contributed by atoms with Crippen LogP contribution in [0.1, 0.15) is 43.1 Å². The smallest absolute Gasteiger partial charge is 0.110 e. The monoisotopic (exact) mass is 255 g/mol. The summed E-state index contributed by atoms with van der Waals surface area (Å²) in [5.74, 6) is 1.69. The van der Waals surface area contributed by atoms with Gasteiger partial charge in [-0.25, -0.2) is 4.98 Å². The van der Waals surface area contributed by atoms with E-state index in [4.69, 9.17) is 10.7 Å². The third-order valence-corrected chi connectivity index (χ3v) is 4.11. The Bertz CT molecular complexity index is 536. The second kappa shape index (κ2) is 5.17. The number of aryl methyl sites for hydroxylation is 1. The zero-order valence-electron chi connectivity index (χ0n) is 11.4. The number of nitrogens with one attached hydrogen (secondary N) is 1. The van der Waals surface area contributed by atoms with Crippen LogP contribution in [-0.4, -0.2) is 16.0 Å². The maximum atomic E-state index is 5.97. The normalized spacial score (nSPS) is 23.5. The summed E-state index contributed by atoms with van der Waals surface area (Å²) in [6, 6.07) is 10.8. The van der Waals surface area contributed by atoms with Gasteiger partial charge in [-0.3, -0.25) is 0 Å². The summed E-state index contributed by atoms with van der Waals surface area (Å²) in [5.41, 5.74) is 9.41. The first-order chi connectivity index (χ1) is 9.24. The van der Waals surface area contributed by atoms with E-state index in [1.165, 1.54) is 5.56 Å². The molecule has 1 fully saturated rings. The molecule has 1 aliphatic rings. The molecule has 0 saturated heterocycles. The molecule has 0 amide bonds. The lowest BCUT2D eigenvalue weighted by molar-refractivity contribution is 0.386. The molecule has 1 aromatic heterocycles. The minimum absolute atomic E-state index is 0.390. The minimum atomic E-state index is 0.390. The molecule has 0 bridgehead atoms. The molecule has 0 atom stereocenters. The molecule has 0 spiro atoms. The molecule has 100 valence electrons. The van der Waals surface area contributed by atoms with Gasteiger partial charge in [-0.05, 0) is 32.6 Å². The van der Waals surface area contributed by atoms with Crippen molar-refractivity contribution >= 4 is 0 Å². The van der Waals surface area contributed by atoms with Crippen LogP contribution in [0.4, 0.5) is 0 Å².